The van der Waals surface area contributed by atoms with Crippen LogP contribution in [-0.4, -0.2) is 48.7 Å². The molecule has 0 aliphatic rings. The Labute approximate surface area is 86.0 Å². The Hall–Kier alpha value is -0.810. The molecule has 0 aromatic rings. The lowest BCUT2D eigenvalue weighted by molar-refractivity contribution is 0.274. The summed E-state index contributed by atoms with van der Waals surface area (Å²) in [5.74, 6) is 0.273. The van der Waals surface area contributed by atoms with E-state index in [1.807, 2.05) is 0 Å². The summed E-state index contributed by atoms with van der Waals surface area (Å²) in [4.78, 5) is 2.26. The fourth-order valence-electron chi connectivity index (χ4n) is 0.905. The highest BCUT2D eigenvalue weighted by Crippen LogP contribution is 1.90. The summed E-state index contributed by atoms with van der Waals surface area (Å²) < 4.78 is 0. The third-order valence-electron chi connectivity index (χ3n) is 2.21. The molecule has 0 heterocycles. The van der Waals surface area contributed by atoms with Crippen LogP contribution in [0.2, 0.25) is 0 Å². The minimum absolute atomic E-state index is 0.273. The molecule has 0 bridgehead atoms. The molecule has 0 amide bonds. The van der Waals surface area contributed by atoms with Crippen LogP contribution >= 0.6 is 0 Å². The lowest BCUT2D eigenvalue weighted by atomic mass is 10.3. The van der Waals surface area contributed by atoms with Gasteiger partial charge in [0.15, 0.2) is 0 Å². The predicted octanol–water partition coefficient (Wildman–Crippen LogP) is 0.0527. The number of likely N-dealkylation sites (N-methyl/N-ethyl adjacent to an activating group) is 1. The van der Waals surface area contributed by atoms with E-state index in [9.17, 15) is 0 Å². The van der Waals surface area contributed by atoms with Gasteiger partial charge in [-0.2, -0.15) is 0 Å². The molecule has 0 radical (unpaired) electrons. The largest absolute Gasteiger partial charge is 0.409 e. The van der Waals surface area contributed by atoms with Crippen LogP contribution in [0, 0.1) is 0 Å². The summed E-state index contributed by atoms with van der Waals surface area (Å²) in [5.41, 5.74) is 5.31. The first-order valence-electron chi connectivity index (χ1n) is 4.95. The zero-order chi connectivity index (χ0) is 11.0. The molecule has 0 fully saturated rings. The topological polar surface area (TPSA) is 73.9 Å². The second-order valence-electron chi connectivity index (χ2n) is 3.67. The summed E-state index contributed by atoms with van der Waals surface area (Å²) in [7, 11) is 2.09. The molecule has 84 valence electrons. The number of oxime groups is 1. The van der Waals surface area contributed by atoms with Crippen molar-refractivity contribution < 1.29 is 5.21 Å². The van der Waals surface area contributed by atoms with E-state index in [0.29, 0.717) is 12.5 Å². The van der Waals surface area contributed by atoms with Gasteiger partial charge in [-0.05, 0) is 20.9 Å². The average molecular weight is 202 g/mol. The second kappa shape index (κ2) is 7.58. The van der Waals surface area contributed by atoms with Gasteiger partial charge in [-0.25, -0.2) is 0 Å². The van der Waals surface area contributed by atoms with Crippen molar-refractivity contribution in [2.75, 3.05) is 26.7 Å². The Morgan fingerprint density at radius 1 is 1.50 bits per heavy atom. The first-order chi connectivity index (χ1) is 6.57. The van der Waals surface area contributed by atoms with Crippen molar-refractivity contribution in [1.82, 2.24) is 10.2 Å². The molecule has 14 heavy (non-hydrogen) atoms. The van der Waals surface area contributed by atoms with Gasteiger partial charge in [-0.1, -0.05) is 5.16 Å². The molecular weight excluding hydrogens is 180 g/mol. The number of amidine groups is 1. The molecule has 0 spiro atoms. The molecule has 0 saturated heterocycles. The first-order valence-corrected chi connectivity index (χ1v) is 4.95. The van der Waals surface area contributed by atoms with Crippen LogP contribution in [0.5, 0.6) is 0 Å². The van der Waals surface area contributed by atoms with Crippen molar-refractivity contribution in [3.05, 3.63) is 0 Å². The smallest absolute Gasteiger partial charge is 0.140 e. The normalized spacial score (nSPS) is 12.8. The molecule has 0 atom stereocenters. The maximum Gasteiger partial charge on any atom is 0.140 e. The van der Waals surface area contributed by atoms with Crippen LogP contribution in [0.4, 0.5) is 0 Å². The van der Waals surface area contributed by atoms with E-state index >= 15 is 0 Å². The maximum absolute atomic E-state index is 8.28. The minimum atomic E-state index is 0.273. The van der Waals surface area contributed by atoms with E-state index < -0.39 is 0 Å². The predicted molar refractivity (Wildman–Crippen MR) is 58.7 cm³/mol. The fraction of sp³-hybridized carbons (Fsp3) is 0.889. The third-order valence-corrected chi connectivity index (χ3v) is 2.21. The molecule has 0 aliphatic heterocycles. The van der Waals surface area contributed by atoms with Gasteiger partial charge in [0.1, 0.15) is 5.84 Å². The van der Waals surface area contributed by atoms with Gasteiger partial charge in [0.05, 0.1) is 0 Å². The molecular formula is C9H22N4O. The van der Waals surface area contributed by atoms with E-state index in [1.165, 1.54) is 0 Å². The summed E-state index contributed by atoms with van der Waals surface area (Å²) in [6.07, 6.45) is 0.585. The van der Waals surface area contributed by atoms with Gasteiger partial charge in [-0.15, -0.1) is 0 Å². The highest BCUT2D eigenvalue weighted by Gasteiger charge is 2.01. The summed E-state index contributed by atoms with van der Waals surface area (Å²) in [6, 6.07) is 0.570. The number of nitrogens with zero attached hydrogens (tertiary/aromatic N) is 2. The maximum atomic E-state index is 8.28. The number of nitrogens with two attached hydrogens (primary N) is 1. The van der Waals surface area contributed by atoms with Crippen LogP contribution in [0.1, 0.15) is 20.3 Å². The lowest BCUT2D eigenvalue weighted by Crippen LogP contribution is -2.34. The van der Waals surface area contributed by atoms with Gasteiger partial charge in [0, 0.05) is 32.1 Å². The molecule has 5 nitrogen and oxygen atoms in total. The molecule has 0 unspecified atom stereocenters. The Bertz CT molecular complexity index is 170. The van der Waals surface area contributed by atoms with Gasteiger partial charge >= 0.3 is 0 Å². The third kappa shape index (κ3) is 6.68. The molecule has 0 aromatic carbocycles. The molecule has 0 aromatic heterocycles. The molecule has 0 rings (SSSR count). The lowest BCUT2D eigenvalue weighted by Gasteiger charge is -2.20. The van der Waals surface area contributed by atoms with E-state index in [2.05, 4.69) is 36.3 Å². The standard InChI is InChI=1S/C9H22N4O/c1-8(2)13(3)7-6-11-5-4-9(10)12-14/h8,11,14H,4-7H2,1-3H3,(H2,10,12). The van der Waals surface area contributed by atoms with Crippen molar-refractivity contribution in [2.24, 2.45) is 10.9 Å². The van der Waals surface area contributed by atoms with Gasteiger partial charge in [0.25, 0.3) is 0 Å². The van der Waals surface area contributed by atoms with Crippen LogP contribution in [0.3, 0.4) is 0 Å². The second-order valence-corrected chi connectivity index (χ2v) is 3.67. The van der Waals surface area contributed by atoms with Gasteiger partial charge in [-0.3, -0.25) is 0 Å². The SMILES string of the molecule is CC(C)N(C)CCNCCC(N)=NO. The number of hydrogen-bond acceptors (Lipinski definition) is 4. The molecule has 0 saturated carbocycles. The highest BCUT2D eigenvalue weighted by atomic mass is 16.4. The average Bonchev–Trinajstić information content (AvgIpc) is 2.16. The van der Waals surface area contributed by atoms with E-state index in [4.69, 9.17) is 10.9 Å². The number of nitrogens with one attached hydrogen (secondary N) is 1. The quantitative estimate of drug-likeness (QED) is 0.179. The van der Waals surface area contributed by atoms with Crippen LogP contribution in [0.25, 0.3) is 0 Å². The van der Waals surface area contributed by atoms with Crippen molar-refractivity contribution >= 4 is 5.84 Å². The Morgan fingerprint density at radius 2 is 2.14 bits per heavy atom. The fourth-order valence-corrected chi connectivity index (χ4v) is 0.905. The van der Waals surface area contributed by atoms with Crippen molar-refractivity contribution in [3.8, 4) is 0 Å². The summed E-state index contributed by atoms with van der Waals surface area (Å²) >= 11 is 0. The monoisotopic (exact) mass is 202 g/mol. The number of hydrogen-bond donors (Lipinski definition) is 3. The zero-order valence-electron chi connectivity index (χ0n) is 9.32. The van der Waals surface area contributed by atoms with Crippen LogP contribution in [-0.2, 0) is 0 Å². The van der Waals surface area contributed by atoms with Crippen molar-refractivity contribution in [2.45, 2.75) is 26.3 Å². The minimum Gasteiger partial charge on any atom is -0.409 e. The van der Waals surface area contributed by atoms with Crippen LogP contribution < -0.4 is 11.1 Å². The Kier molecular flexibility index (Phi) is 7.14. The van der Waals surface area contributed by atoms with Gasteiger partial charge < -0.3 is 21.2 Å². The van der Waals surface area contributed by atoms with E-state index in [0.717, 1.165) is 19.6 Å². The Balaban J connectivity index is 3.30. The molecule has 4 N–H and O–H groups in total. The van der Waals surface area contributed by atoms with Crippen LogP contribution in [0.15, 0.2) is 5.16 Å². The zero-order valence-corrected chi connectivity index (χ0v) is 9.32. The molecule has 5 heteroatoms. The molecule has 0 aliphatic carbocycles. The first kappa shape index (κ1) is 13.2. The van der Waals surface area contributed by atoms with Crippen molar-refractivity contribution in [3.63, 3.8) is 0 Å². The van der Waals surface area contributed by atoms with Crippen molar-refractivity contribution in [1.29, 1.82) is 0 Å². The summed E-state index contributed by atoms with van der Waals surface area (Å²) in [6.45, 7) is 7.01. The number of rotatable bonds is 7. The van der Waals surface area contributed by atoms with E-state index in [-0.39, 0.29) is 5.84 Å². The highest BCUT2D eigenvalue weighted by molar-refractivity contribution is 5.79. The van der Waals surface area contributed by atoms with Gasteiger partial charge in [0.2, 0.25) is 0 Å². The summed E-state index contributed by atoms with van der Waals surface area (Å²) in [5, 5.41) is 14.4. The van der Waals surface area contributed by atoms with E-state index in [1.54, 1.807) is 0 Å². The Morgan fingerprint density at radius 3 is 2.64 bits per heavy atom.